The Kier molecular flexibility index (Phi) is 29.4. The molecule has 0 radical (unpaired) electrons. The van der Waals surface area contributed by atoms with E-state index in [2.05, 4.69) is 0 Å². The van der Waals surface area contributed by atoms with E-state index in [1.165, 1.54) is 12.8 Å². The molecule has 1 aliphatic carbocycles. The van der Waals surface area contributed by atoms with Crippen molar-refractivity contribution >= 4 is 15.6 Å². The average Bonchev–Trinajstić information content (AvgIpc) is 2.04. The third-order valence-electron chi connectivity index (χ3n) is 1.87. The van der Waals surface area contributed by atoms with Gasteiger partial charge < -0.3 is 50.0 Å². The van der Waals surface area contributed by atoms with Crippen LogP contribution in [0.5, 0.6) is 0 Å². The molecule has 1 rings (SSSR count). The van der Waals surface area contributed by atoms with Crippen LogP contribution in [-0.2, 0) is 30.2 Å². The van der Waals surface area contributed by atoms with Crippen LogP contribution in [0.25, 0.3) is 0 Å². The summed E-state index contributed by atoms with van der Waals surface area (Å²) in [7, 11) is -10.3. The zero-order valence-electron chi connectivity index (χ0n) is 11.7. The Morgan fingerprint density at radius 3 is 1.05 bits per heavy atom. The van der Waals surface area contributed by atoms with E-state index in [9.17, 15) is 0 Å². The Bertz CT molecular complexity index is 271. The van der Waals surface area contributed by atoms with E-state index < -0.39 is 15.6 Å². The molecule has 21 heavy (non-hydrogen) atoms. The minimum atomic E-state index is -5.14. The summed E-state index contributed by atoms with van der Waals surface area (Å²) in [5.74, 6) is 0. The Morgan fingerprint density at radius 1 is 0.810 bits per heavy atom. The molecule has 0 unspecified atom stereocenters. The van der Waals surface area contributed by atoms with Crippen molar-refractivity contribution in [1.82, 2.24) is 0 Å². The van der Waals surface area contributed by atoms with Gasteiger partial charge in [0.2, 0.25) is 0 Å². The van der Waals surface area contributed by atoms with E-state index >= 15 is 0 Å². The molecule has 0 amide bonds. The Labute approximate surface area is 181 Å². The molecule has 0 aromatic rings. The minimum absolute atomic E-state index is 0. The minimum Gasteiger partial charge on any atom is -0.790 e. The third-order valence-corrected chi connectivity index (χ3v) is 1.87. The maximum Gasteiger partial charge on any atom is 2.00 e. The second-order valence-corrected chi connectivity index (χ2v) is 5.42. The molecule has 0 bridgehead atoms. The van der Waals surface area contributed by atoms with E-state index in [4.69, 9.17) is 50.0 Å². The molecule has 1 saturated carbocycles. The molecule has 10 nitrogen and oxygen atoms in total. The first-order chi connectivity index (χ1) is 7.80. The van der Waals surface area contributed by atoms with Crippen molar-refractivity contribution in [3.8, 4) is 0 Å². The number of phosphoric acid groups is 2. The van der Waals surface area contributed by atoms with Gasteiger partial charge in [-0.15, -0.1) is 0 Å². The Morgan fingerprint density at radius 2 is 0.952 bits per heavy atom. The molecule has 0 aliphatic heterocycles. The summed E-state index contributed by atoms with van der Waals surface area (Å²) < 4.78 is 17.3. The number of rotatable bonds is 0. The fraction of sp³-hybridized carbons (Fsp3) is 1.00. The molecule has 1 aliphatic rings. The fourth-order valence-electron chi connectivity index (χ4n) is 1.19. The van der Waals surface area contributed by atoms with Crippen LogP contribution in [0.1, 0.15) is 25.7 Å². The van der Waals surface area contributed by atoms with Crippen LogP contribution in [0.4, 0.5) is 0 Å². The van der Waals surface area contributed by atoms with Gasteiger partial charge in [0.05, 0.1) is 15.6 Å². The molecule has 15 heteroatoms. The van der Waals surface area contributed by atoms with Crippen molar-refractivity contribution in [2.45, 2.75) is 37.8 Å². The van der Waals surface area contributed by atoms with E-state index in [0.717, 1.165) is 12.8 Å². The number of hydrogen-bond acceptors (Lipinski definition) is 8. The quantitative estimate of drug-likeness (QED) is 0.166. The summed E-state index contributed by atoms with van der Waals surface area (Å²) in [6.07, 6.45) is 4.80. The molecule has 2 atom stereocenters. The van der Waals surface area contributed by atoms with Crippen LogP contribution in [0.3, 0.4) is 0 Å². The van der Waals surface area contributed by atoms with Crippen molar-refractivity contribution in [2.24, 2.45) is 11.5 Å². The maximum absolute atomic E-state index is 8.66. The van der Waals surface area contributed by atoms with Crippen LogP contribution in [0, 0.1) is 0 Å². The van der Waals surface area contributed by atoms with Crippen molar-refractivity contribution in [1.29, 1.82) is 0 Å². The molecule has 1 fully saturated rings. The topological polar surface area (TPSA) is 219 Å². The molecule has 120 valence electrons. The van der Waals surface area contributed by atoms with Crippen molar-refractivity contribution in [3.05, 3.63) is 0 Å². The monoisotopic (exact) mass is 547 g/mol. The fourth-order valence-corrected chi connectivity index (χ4v) is 1.19. The second-order valence-electron chi connectivity index (χ2n) is 3.55. The van der Waals surface area contributed by atoms with Gasteiger partial charge in [0, 0.05) is 12.1 Å². The molecule has 0 saturated heterocycles. The zero-order chi connectivity index (χ0) is 15.0. The SMILES string of the molecule is N[C@@H]1CCCC[C@H]1N.O=P([O-])([O-])O.O=P([O-])([O-])O.[Na+].[Na+].[Pt+2]. The predicted octanol–water partition coefficient (Wildman–Crippen LogP) is -10.2. The summed E-state index contributed by atoms with van der Waals surface area (Å²) in [4.78, 5) is 48.6. The van der Waals surface area contributed by atoms with Crippen LogP contribution in [0.15, 0.2) is 0 Å². The number of hydrogen-bond donors (Lipinski definition) is 4. The van der Waals surface area contributed by atoms with Gasteiger partial charge >= 0.3 is 80.2 Å². The summed E-state index contributed by atoms with van der Waals surface area (Å²) in [5.41, 5.74) is 11.3. The van der Waals surface area contributed by atoms with E-state index in [0.29, 0.717) is 0 Å². The zero-order valence-corrected chi connectivity index (χ0v) is 19.8. The first-order valence-electron chi connectivity index (χ1n) is 4.81. The number of nitrogens with two attached hydrogens (primary N) is 2. The maximum atomic E-state index is 8.66. The van der Waals surface area contributed by atoms with Gasteiger partial charge in [-0.1, -0.05) is 12.8 Å². The molecular formula is C6H16N2Na2O8P2Pt. The van der Waals surface area contributed by atoms with Crippen LogP contribution in [0.2, 0.25) is 0 Å². The van der Waals surface area contributed by atoms with Gasteiger partial charge in [-0.3, -0.25) is 0 Å². The summed E-state index contributed by atoms with van der Waals surface area (Å²) in [5, 5.41) is 0. The Balaban J connectivity index is -0.0000000595. The van der Waals surface area contributed by atoms with Gasteiger partial charge in [0.25, 0.3) is 0 Å². The standard InChI is InChI=1S/C6H14N2.2Na.2H3O4P.Pt/c7-5-3-1-2-4-6(5)8;;;2*1-5(2,3)4;/h5-6H,1-4,7-8H2;;;2*(H3,1,2,3,4);/q;2*+1;;;+2/p-4/t5-,6-;;;;;/m1...../s1. The van der Waals surface area contributed by atoms with Gasteiger partial charge in [0.15, 0.2) is 0 Å². The summed E-state index contributed by atoms with van der Waals surface area (Å²) in [6, 6.07) is 0.562. The summed E-state index contributed by atoms with van der Waals surface area (Å²) >= 11 is 0. The van der Waals surface area contributed by atoms with Gasteiger partial charge in [0.1, 0.15) is 0 Å². The second kappa shape index (κ2) is 17.6. The van der Waals surface area contributed by atoms with E-state index in [-0.39, 0.29) is 92.3 Å². The van der Waals surface area contributed by atoms with Crippen LogP contribution < -0.4 is 90.2 Å². The van der Waals surface area contributed by atoms with Crippen LogP contribution >= 0.6 is 15.6 Å². The normalized spacial score (nSPS) is 20.8. The Hall–Kier alpha value is 2.83. The largest absolute Gasteiger partial charge is 2.00 e. The first kappa shape index (κ1) is 35.0. The van der Waals surface area contributed by atoms with E-state index in [1.807, 2.05) is 0 Å². The molecule has 0 spiro atoms. The molecule has 6 N–H and O–H groups in total. The first-order valence-corrected chi connectivity index (χ1v) is 7.80. The predicted molar refractivity (Wildman–Crippen MR) is 54.1 cm³/mol. The smallest absolute Gasteiger partial charge is 0.790 e. The van der Waals surface area contributed by atoms with Gasteiger partial charge in [-0.25, -0.2) is 0 Å². The van der Waals surface area contributed by atoms with E-state index in [1.54, 1.807) is 0 Å². The summed E-state index contributed by atoms with van der Waals surface area (Å²) in [6.45, 7) is 0. The molecule has 0 aromatic heterocycles. The van der Waals surface area contributed by atoms with Gasteiger partial charge in [-0.05, 0) is 12.8 Å². The van der Waals surface area contributed by atoms with Crippen molar-refractivity contribution in [3.63, 3.8) is 0 Å². The molecule has 0 aromatic carbocycles. The van der Waals surface area contributed by atoms with Crippen LogP contribution in [-0.4, -0.2) is 21.9 Å². The third kappa shape index (κ3) is 51.8. The molecule has 0 heterocycles. The average molecular weight is 547 g/mol. The van der Waals surface area contributed by atoms with Crippen molar-refractivity contribution < 1.29 is 119 Å². The van der Waals surface area contributed by atoms with Crippen molar-refractivity contribution in [2.75, 3.05) is 0 Å². The van der Waals surface area contributed by atoms with Gasteiger partial charge in [-0.2, -0.15) is 0 Å². The molecular weight excluding hydrogens is 531 g/mol.